The number of carbonyl (C=O) groups is 2. The van der Waals surface area contributed by atoms with Crippen LogP contribution in [0, 0.1) is 0 Å². The van der Waals surface area contributed by atoms with Crippen molar-refractivity contribution in [3.05, 3.63) is 94.1 Å². The van der Waals surface area contributed by atoms with Gasteiger partial charge in [-0.3, -0.25) is 4.79 Å². The fourth-order valence-electron chi connectivity index (χ4n) is 4.74. The van der Waals surface area contributed by atoms with Crippen molar-refractivity contribution >= 4 is 29.3 Å². The van der Waals surface area contributed by atoms with Crippen LogP contribution < -0.4 is 10.2 Å². The number of methoxy groups -OCH3 is 1. The van der Waals surface area contributed by atoms with Crippen molar-refractivity contribution in [1.29, 1.82) is 0 Å². The molecule has 0 spiro atoms. The quantitative estimate of drug-likeness (QED) is 0.511. The van der Waals surface area contributed by atoms with E-state index in [0.717, 1.165) is 37.9 Å². The number of amides is 1. The third kappa shape index (κ3) is 4.38. The molecule has 2 heterocycles. The van der Waals surface area contributed by atoms with Crippen LogP contribution in [0.3, 0.4) is 0 Å². The number of nitrogens with one attached hydrogen (secondary N) is 1. The van der Waals surface area contributed by atoms with E-state index in [-0.39, 0.29) is 11.9 Å². The molecule has 1 amide bonds. The molecule has 1 saturated carbocycles. The van der Waals surface area contributed by atoms with Gasteiger partial charge in [-0.2, -0.15) is 0 Å². The van der Waals surface area contributed by atoms with Gasteiger partial charge in [0, 0.05) is 25.2 Å². The van der Waals surface area contributed by atoms with Crippen LogP contribution in [0.1, 0.15) is 57.0 Å². The number of benzene rings is 2. The molecule has 0 radical (unpaired) electrons. The summed E-state index contributed by atoms with van der Waals surface area (Å²) < 4.78 is 4.78. The van der Waals surface area contributed by atoms with E-state index >= 15 is 0 Å². The van der Waals surface area contributed by atoms with Gasteiger partial charge in [0.1, 0.15) is 5.82 Å². The van der Waals surface area contributed by atoms with Gasteiger partial charge in [0.25, 0.3) is 5.91 Å². The first-order valence-electron chi connectivity index (χ1n) is 11.5. The Kier molecular flexibility index (Phi) is 6.00. The van der Waals surface area contributed by atoms with Crippen LogP contribution in [0.15, 0.2) is 66.9 Å². The van der Waals surface area contributed by atoms with Crippen molar-refractivity contribution in [3.8, 4) is 0 Å². The number of pyridine rings is 1. The topological polar surface area (TPSA) is 71.5 Å². The molecule has 2 aromatic carbocycles. The van der Waals surface area contributed by atoms with Gasteiger partial charge in [0.05, 0.1) is 28.8 Å². The predicted molar refractivity (Wildman–Crippen MR) is 131 cm³/mol. The smallest absolute Gasteiger partial charge is 0.337 e. The maximum absolute atomic E-state index is 13.5. The zero-order valence-electron chi connectivity index (χ0n) is 19.0. The number of ether oxygens (including phenoxy) is 1. The number of aromatic nitrogens is 1. The number of anilines is 1. The van der Waals surface area contributed by atoms with Crippen LogP contribution in [-0.2, 0) is 10.3 Å². The maximum Gasteiger partial charge on any atom is 0.337 e. The fourth-order valence-corrected chi connectivity index (χ4v) is 4.90. The molecule has 1 aromatic heterocycles. The summed E-state index contributed by atoms with van der Waals surface area (Å²) in [4.78, 5) is 31.9. The predicted octanol–water partition coefficient (Wildman–Crippen LogP) is 4.93. The Morgan fingerprint density at radius 1 is 1.12 bits per heavy atom. The van der Waals surface area contributed by atoms with Crippen LogP contribution in [-0.4, -0.2) is 37.1 Å². The first kappa shape index (κ1) is 22.4. The summed E-state index contributed by atoms with van der Waals surface area (Å²) in [7, 11) is 1.36. The lowest BCUT2D eigenvalue weighted by atomic mass is 9.99. The van der Waals surface area contributed by atoms with Gasteiger partial charge in [-0.05, 0) is 48.6 Å². The van der Waals surface area contributed by atoms with Gasteiger partial charge < -0.3 is 15.0 Å². The molecule has 5 rings (SSSR count). The van der Waals surface area contributed by atoms with Gasteiger partial charge in [0.2, 0.25) is 0 Å². The number of halogens is 1. The molecule has 7 heteroatoms. The molecule has 1 aliphatic carbocycles. The van der Waals surface area contributed by atoms with Crippen molar-refractivity contribution in [2.24, 2.45) is 0 Å². The summed E-state index contributed by atoms with van der Waals surface area (Å²) in [5.41, 5.74) is 2.80. The molecule has 34 heavy (non-hydrogen) atoms. The van der Waals surface area contributed by atoms with Gasteiger partial charge in [-0.15, -0.1) is 0 Å². The number of hydrogen-bond acceptors (Lipinski definition) is 5. The van der Waals surface area contributed by atoms with Crippen molar-refractivity contribution in [1.82, 2.24) is 10.3 Å². The maximum atomic E-state index is 13.5. The lowest BCUT2D eigenvalue weighted by molar-refractivity contribution is 0.0600. The lowest BCUT2D eigenvalue weighted by Gasteiger charge is -2.23. The highest BCUT2D eigenvalue weighted by molar-refractivity contribution is 6.31. The normalized spacial score (nSPS) is 18.4. The molecule has 1 saturated heterocycles. The second-order valence-corrected chi connectivity index (χ2v) is 9.41. The minimum atomic E-state index is -0.442. The standard InChI is InChI=1S/C27H26ClN3O3/c1-34-26(33)19-7-9-21(10-8-19)27(12-13-27)30-25(32)23-15-22(28)16-29-24(23)31-14-11-20(17-31)18-5-3-2-4-6-18/h2-10,15-16,20H,11-14,17H2,1H3,(H,30,32). The number of nitrogens with zero attached hydrogens (tertiary/aromatic N) is 2. The van der Waals surface area contributed by atoms with Gasteiger partial charge >= 0.3 is 5.97 Å². The van der Waals surface area contributed by atoms with E-state index in [1.807, 2.05) is 18.2 Å². The van der Waals surface area contributed by atoms with Crippen LogP contribution in [0.4, 0.5) is 5.82 Å². The lowest BCUT2D eigenvalue weighted by Crippen LogP contribution is -2.36. The molecular formula is C27H26ClN3O3. The van der Waals surface area contributed by atoms with E-state index < -0.39 is 5.54 Å². The molecule has 1 atom stereocenters. The minimum absolute atomic E-state index is 0.192. The number of rotatable bonds is 6. The zero-order valence-corrected chi connectivity index (χ0v) is 19.7. The molecular weight excluding hydrogens is 450 g/mol. The van der Waals surface area contributed by atoms with E-state index in [9.17, 15) is 9.59 Å². The molecule has 3 aromatic rings. The van der Waals surface area contributed by atoms with Crippen molar-refractivity contribution in [2.45, 2.75) is 30.7 Å². The molecule has 1 N–H and O–H groups in total. The molecule has 0 bridgehead atoms. The van der Waals surface area contributed by atoms with Gasteiger partial charge in [0.15, 0.2) is 0 Å². The third-order valence-electron chi connectivity index (χ3n) is 6.80. The Hall–Kier alpha value is -3.38. The SMILES string of the molecule is COC(=O)c1ccc(C2(NC(=O)c3cc(Cl)cnc3N3CCC(c4ccccc4)C3)CC2)cc1. The number of esters is 1. The van der Waals surface area contributed by atoms with E-state index in [1.165, 1.54) is 12.7 Å². The first-order chi connectivity index (χ1) is 16.5. The van der Waals surface area contributed by atoms with E-state index in [0.29, 0.717) is 27.9 Å². The summed E-state index contributed by atoms with van der Waals surface area (Å²) in [5.74, 6) is 0.493. The van der Waals surface area contributed by atoms with Crippen LogP contribution in [0.2, 0.25) is 5.02 Å². The third-order valence-corrected chi connectivity index (χ3v) is 7.00. The average Bonchev–Trinajstić information content (AvgIpc) is 3.48. The van der Waals surface area contributed by atoms with Crippen molar-refractivity contribution < 1.29 is 14.3 Å². The summed E-state index contributed by atoms with van der Waals surface area (Å²) in [6.07, 6.45) is 4.27. The Labute approximate surface area is 203 Å². The first-order valence-corrected chi connectivity index (χ1v) is 11.8. The highest BCUT2D eigenvalue weighted by Gasteiger charge is 2.46. The second-order valence-electron chi connectivity index (χ2n) is 8.97. The molecule has 1 aliphatic heterocycles. The monoisotopic (exact) mass is 475 g/mol. The molecule has 6 nitrogen and oxygen atoms in total. The Bertz CT molecular complexity index is 1210. The highest BCUT2D eigenvalue weighted by atomic mass is 35.5. The summed E-state index contributed by atoms with van der Waals surface area (Å²) >= 11 is 6.25. The van der Waals surface area contributed by atoms with Crippen LogP contribution >= 0.6 is 11.6 Å². The second kappa shape index (κ2) is 9.11. The molecule has 1 unspecified atom stereocenters. The molecule has 2 fully saturated rings. The van der Waals surface area contributed by atoms with Gasteiger partial charge in [-0.25, -0.2) is 9.78 Å². The van der Waals surface area contributed by atoms with E-state index in [4.69, 9.17) is 16.3 Å². The average molecular weight is 476 g/mol. The number of hydrogen-bond donors (Lipinski definition) is 1. The van der Waals surface area contributed by atoms with Crippen molar-refractivity contribution in [3.63, 3.8) is 0 Å². The molecule has 174 valence electrons. The Morgan fingerprint density at radius 2 is 1.85 bits per heavy atom. The minimum Gasteiger partial charge on any atom is -0.465 e. The van der Waals surface area contributed by atoms with E-state index in [1.54, 1.807) is 24.4 Å². The van der Waals surface area contributed by atoms with Crippen molar-refractivity contribution in [2.75, 3.05) is 25.1 Å². The Balaban J connectivity index is 1.36. The summed E-state index contributed by atoms with van der Waals surface area (Å²) in [6, 6.07) is 19.4. The van der Waals surface area contributed by atoms with Crippen LogP contribution in [0.5, 0.6) is 0 Å². The van der Waals surface area contributed by atoms with E-state index in [2.05, 4.69) is 39.5 Å². The fraction of sp³-hybridized carbons (Fsp3) is 0.296. The summed E-state index contributed by atoms with van der Waals surface area (Å²) in [5, 5.41) is 3.65. The zero-order chi connectivity index (χ0) is 23.7. The summed E-state index contributed by atoms with van der Waals surface area (Å²) in [6.45, 7) is 1.63. The molecule has 2 aliphatic rings. The largest absolute Gasteiger partial charge is 0.465 e. The highest BCUT2D eigenvalue weighted by Crippen LogP contribution is 2.46. The number of carbonyl (C=O) groups excluding carboxylic acids is 2. The van der Waals surface area contributed by atoms with Gasteiger partial charge in [-0.1, -0.05) is 54.1 Å². The van der Waals surface area contributed by atoms with Crippen LogP contribution in [0.25, 0.3) is 0 Å². The Morgan fingerprint density at radius 3 is 2.53 bits per heavy atom.